The van der Waals surface area contributed by atoms with Crippen molar-refractivity contribution in [2.45, 2.75) is 89.7 Å². The maximum absolute atomic E-state index is 6.03. The van der Waals surface area contributed by atoms with Crippen LogP contribution < -0.4 is 5.32 Å². The molecule has 1 saturated carbocycles. The fourth-order valence-corrected chi connectivity index (χ4v) is 3.35. The van der Waals surface area contributed by atoms with E-state index in [0.717, 1.165) is 12.6 Å². The molecule has 3 heteroatoms. The zero-order chi connectivity index (χ0) is 16.0. The fourth-order valence-electron chi connectivity index (χ4n) is 3.35. The van der Waals surface area contributed by atoms with Crippen molar-refractivity contribution in [3.63, 3.8) is 0 Å². The Morgan fingerprint density at radius 2 is 1.55 bits per heavy atom. The topological polar surface area (TPSA) is 24.5 Å². The van der Waals surface area contributed by atoms with Crippen molar-refractivity contribution in [2.75, 3.05) is 33.8 Å². The number of ether oxygens (including phenoxy) is 1. The summed E-state index contributed by atoms with van der Waals surface area (Å²) in [6, 6.07) is 0.731. The van der Waals surface area contributed by atoms with Gasteiger partial charge in [0.2, 0.25) is 0 Å². The van der Waals surface area contributed by atoms with Gasteiger partial charge in [0.25, 0.3) is 0 Å². The Kier molecular flexibility index (Phi) is 12.1. The van der Waals surface area contributed by atoms with Gasteiger partial charge >= 0.3 is 0 Å². The molecule has 0 aliphatic heterocycles. The van der Waals surface area contributed by atoms with E-state index in [9.17, 15) is 0 Å². The number of hydrogen-bond donors (Lipinski definition) is 1. The quantitative estimate of drug-likeness (QED) is 0.515. The standard InChI is InChI=1S/C19H40N2O/c1-4-5-8-15-21(3)16-9-6-7-10-17-22-19-13-11-18(20-2)12-14-19/h18-20H,4-17H2,1-3H3/t18-,19-. The first kappa shape index (κ1) is 19.9. The van der Waals surface area contributed by atoms with E-state index in [1.807, 2.05) is 0 Å². The molecule has 0 bridgehead atoms. The molecule has 22 heavy (non-hydrogen) atoms. The van der Waals surface area contributed by atoms with E-state index < -0.39 is 0 Å². The van der Waals surface area contributed by atoms with E-state index in [1.165, 1.54) is 83.7 Å². The Labute approximate surface area is 139 Å². The first-order valence-corrected chi connectivity index (χ1v) is 9.73. The van der Waals surface area contributed by atoms with Crippen LogP contribution in [0.15, 0.2) is 0 Å². The molecule has 0 spiro atoms. The molecule has 0 heterocycles. The lowest BCUT2D eigenvalue weighted by atomic mass is 9.93. The van der Waals surface area contributed by atoms with Gasteiger partial charge in [-0.15, -0.1) is 0 Å². The van der Waals surface area contributed by atoms with Crippen LogP contribution in [0.1, 0.15) is 77.6 Å². The highest BCUT2D eigenvalue weighted by Gasteiger charge is 2.19. The minimum Gasteiger partial charge on any atom is -0.378 e. The molecule has 1 N–H and O–H groups in total. The summed E-state index contributed by atoms with van der Waals surface area (Å²) < 4.78 is 6.03. The van der Waals surface area contributed by atoms with E-state index in [1.54, 1.807) is 0 Å². The van der Waals surface area contributed by atoms with Crippen LogP contribution in [0.5, 0.6) is 0 Å². The van der Waals surface area contributed by atoms with Crippen molar-refractivity contribution < 1.29 is 4.74 Å². The van der Waals surface area contributed by atoms with Gasteiger partial charge in [0, 0.05) is 12.6 Å². The molecule has 0 radical (unpaired) electrons. The van der Waals surface area contributed by atoms with Gasteiger partial charge in [0.15, 0.2) is 0 Å². The minimum absolute atomic E-state index is 0.536. The van der Waals surface area contributed by atoms with Crippen molar-refractivity contribution in [2.24, 2.45) is 0 Å². The zero-order valence-electron chi connectivity index (χ0n) is 15.4. The van der Waals surface area contributed by atoms with Crippen LogP contribution in [0, 0.1) is 0 Å². The smallest absolute Gasteiger partial charge is 0.0576 e. The van der Waals surface area contributed by atoms with Crippen LogP contribution in [-0.4, -0.2) is 50.8 Å². The van der Waals surface area contributed by atoms with Gasteiger partial charge in [-0.1, -0.05) is 32.6 Å². The largest absolute Gasteiger partial charge is 0.378 e. The van der Waals surface area contributed by atoms with Gasteiger partial charge in [-0.05, 0) is 72.1 Å². The lowest BCUT2D eigenvalue weighted by Crippen LogP contribution is -2.33. The molecule has 0 atom stereocenters. The molecule has 0 aromatic heterocycles. The first-order valence-electron chi connectivity index (χ1n) is 9.73. The van der Waals surface area contributed by atoms with Crippen molar-refractivity contribution in [3.8, 4) is 0 Å². The second-order valence-electron chi connectivity index (χ2n) is 7.06. The van der Waals surface area contributed by atoms with E-state index in [-0.39, 0.29) is 0 Å². The second-order valence-corrected chi connectivity index (χ2v) is 7.06. The third-order valence-corrected chi connectivity index (χ3v) is 5.01. The lowest BCUT2D eigenvalue weighted by Gasteiger charge is -2.28. The highest BCUT2D eigenvalue weighted by atomic mass is 16.5. The Hall–Kier alpha value is -0.120. The predicted octanol–water partition coefficient (Wildman–Crippen LogP) is 4.22. The molecule has 1 fully saturated rings. The van der Waals surface area contributed by atoms with Crippen LogP contribution in [-0.2, 0) is 4.74 Å². The van der Waals surface area contributed by atoms with Crippen LogP contribution >= 0.6 is 0 Å². The van der Waals surface area contributed by atoms with Crippen LogP contribution in [0.3, 0.4) is 0 Å². The summed E-state index contributed by atoms with van der Waals surface area (Å²) >= 11 is 0. The van der Waals surface area contributed by atoms with E-state index in [4.69, 9.17) is 4.74 Å². The molecule has 0 saturated heterocycles. The van der Waals surface area contributed by atoms with Crippen molar-refractivity contribution >= 4 is 0 Å². The van der Waals surface area contributed by atoms with Crippen LogP contribution in [0.2, 0.25) is 0 Å². The first-order chi connectivity index (χ1) is 10.8. The molecule has 0 aromatic carbocycles. The summed E-state index contributed by atoms with van der Waals surface area (Å²) in [5.74, 6) is 0. The summed E-state index contributed by atoms with van der Waals surface area (Å²) in [4.78, 5) is 2.49. The van der Waals surface area contributed by atoms with E-state index >= 15 is 0 Å². The molecule has 1 rings (SSSR count). The van der Waals surface area contributed by atoms with Gasteiger partial charge in [0.1, 0.15) is 0 Å². The lowest BCUT2D eigenvalue weighted by molar-refractivity contribution is 0.0210. The van der Waals surface area contributed by atoms with Crippen LogP contribution in [0.4, 0.5) is 0 Å². The molecular weight excluding hydrogens is 272 g/mol. The monoisotopic (exact) mass is 312 g/mol. The van der Waals surface area contributed by atoms with E-state index in [2.05, 4.69) is 31.2 Å². The molecule has 132 valence electrons. The van der Waals surface area contributed by atoms with Gasteiger partial charge in [0.05, 0.1) is 6.10 Å². The van der Waals surface area contributed by atoms with Crippen LogP contribution in [0.25, 0.3) is 0 Å². The Morgan fingerprint density at radius 1 is 0.909 bits per heavy atom. The molecule has 1 aliphatic carbocycles. The number of nitrogens with one attached hydrogen (secondary N) is 1. The highest BCUT2D eigenvalue weighted by molar-refractivity contribution is 4.76. The summed E-state index contributed by atoms with van der Waals surface area (Å²) in [6.07, 6.45) is 14.9. The predicted molar refractivity (Wildman–Crippen MR) is 96.5 cm³/mol. The zero-order valence-corrected chi connectivity index (χ0v) is 15.4. The summed E-state index contributed by atoms with van der Waals surface area (Å²) in [6.45, 7) is 5.78. The van der Waals surface area contributed by atoms with Crippen molar-refractivity contribution in [1.29, 1.82) is 0 Å². The number of nitrogens with zero attached hydrogens (tertiary/aromatic N) is 1. The molecular formula is C19H40N2O. The van der Waals surface area contributed by atoms with Crippen molar-refractivity contribution in [1.82, 2.24) is 10.2 Å². The van der Waals surface area contributed by atoms with Gasteiger partial charge in [-0.2, -0.15) is 0 Å². The summed E-state index contributed by atoms with van der Waals surface area (Å²) in [5, 5.41) is 3.38. The second kappa shape index (κ2) is 13.3. The summed E-state index contributed by atoms with van der Waals surface area (Å²) in [5.41, 5.74) is 0. The normalized spacial score (nSPS) is 22.4. The van der Waals surface area contributed by atoms with Gasteiger partial charge in [-0.3, -0.25) is 0 Å². The average Bonchev–Trinajstić information content (AvgIpc) is 2.55. The number of rotatable bonds is 13. The summed E-state index contributed by atoms with van der Waals surface area (Å²) in [7, 11) is 4.34. The number of unbranched alkanes of at least 4 members (excludes halogenated alkanes) is 5. The molecule has 0 aromatic rings. The van der Waals surface area contributed by atoms with Gasteiger partial charge in [-0.25, -0.2) is 0 Å². The Balaban J connectivity index is 1.84. The minimum atomic E-state index is 0.536. The SMILES string of the molecule is CCCCCN(C)CCCCCCO[C@H]1CC[C@H](NC)CC1. The number of hydrogen-bond acceptors (Lipinski definition) is 3. The van der Waals surface area contributed by atoms with E-state index in [0.29, 0.717) is 6.10 Å². The molecule has 0 amide bonds. The molecule has 0 unspecified atom stereocenters. The third kappa shape index (κ3) is 9.81. The maximum atomic E-state index is 6.03. The highest BCUT2D eigenvalue weighted by Crippen LogP contribution is 2.21. The third-order valence-electron chi connectivity index (χ3n) is 5.01. The van der Waals surface area contributed by atoms with Crippen molar-refractivity contribution in [3.05, 3.63) is 0 Å². The average molecular weight is 313 g/mol. The Morgan fingerprint density at radius 3 is 2.18 bits per heavy atom. The maximum Gasteiger partial charge on any atom is 0.0576 e. The molecule has 1 aliphatic rings. The Bertz CT molecular complexity index is 240. The fraction of sp³-hybridized carbons (Fsp3) is 1.00. The van der Waals surface area contributed by atoms with Gasteiger partial charge < -0.3 is 15.0 Å². The molecule has 3 nitrogen and oxygen atoms in total.